The lowest BCUT2D eigenvalue weighted by atomic mass is 9.97. The van der Waals surface area contributed by atoms with E-state index in [9.17, 15) is 4.79 Å². The number of aromatic nitrogens is 1. The summed E-state index contributed by atoms with van der Waals surface area (Å²) in [6.07, 6.45) is 4.05. The summed E-state index contributed by atoms with van der Waals surface area (Å²) >= 11 is 0. The molecule has 2 rings (SSSR count). The molecule has 0 aromatic carbocycles. The molecule has 4 nitrogen and oxygen atoms in total. The van der Waals surface area contributed by atoms with Gasteiger partial charge in [-0.15, -0.1) is 0 Å². The van der Waals surface area contributed by atoms with Crippen molar-refractivity contribution >= 4 is 5.78 Å². The Balaban J connectivity index is 1.76. The van der Waals surface area contributed by atoms with Crippen LogP contribution in [0.25, 0.3) is 0 Å². The molecular weight excluding hydrogens is 216 g/mol. The predicted molar refractivity (Wildman–Crippen MR) is 66.2 cm³/mol. The summed E-state index contributed by atoms with van der Waals surface area (Å²) in [5, 5.41) is 0. The van der Waals surface area contributed by atoms with Gasteiger partial charge < -0.3 is 9.72 Å². The Bertz CT molecular complexity index is 340. The van der Waals surface area contributed by atoms with Crippen LogP contribution in [-0.4, -0.2) is 49.0 Å². The number of ketones is 1. The Morgan fingerprint density at radius 1 is 1.53 bits per heavy atom. The Labute approximate surface area is 102 Å². The van der Waals surface area contributed by atoms with Gasteiger partial charge >= 0.3 is 0 Å². The van der Waals surface area contributed by atoms with Gasteiger partial charge in [0.05, 0.1) is 12.2 Å². The number of rotatable bonds is 5. The van der Waals surface area contributed by atoms with Gasteiger partial charge in [-0.1, -0.05) is 0 Å². The summed E-state index contributed by atoms with van der Waals surface area (Å²) in [6, 6.07) is 3.69. The zero-order chi connectivity index (χ0) is 12.1. The van der Waals surface area contributed by atoms with Gasteiger partial charge in [-0.05, 0) is 44.0 Å². The van der Waals surface area contributed by atoms with Crippen molar-refractivity contribution in [3.05, 3.63) is 24.0 Å². The molecule has 1 aromatic heterocycles. The molecular formula is C13H20N2O2. The Kier molecular flexibility index (Phi) is 4.34. The van der Waals surface area contributed by atoms with Gasteiger partial charge in [0.2, 0.25) is 0 Å². The summed E-state index contributed by atoms with van der Waals surface area (Å²) in [5.41, 5.74) is 0.712. The minimum Gasteiger partial charge on any atom is -0.384 e. The van der Waals surface area contributed by atoms with Crippen LogP contribution in [0.5, 0.6) is 0 Å². The summed E-state index contributed by atoms with van der Waals surface area (Å²) in [5.74, 6) is 0.844. The van der Waals surface area contributed by atoms with Crippen LogP contribution < -0.4 is 0 Å². The van der Waals surface area contributed by atoms with Crippen LogP contribution in [0.1, 0.15) is 23.3 Å². The van der Waals surface area contributed by atoms with E-state index in [1.165, 1.54) is 0 Å². The molecule has 1 aliphatic heterocycles. The first-order valence-corrected chi connectivity index (χ1v) is 6.17. The van der Waals surface area contributed by atoms with Crippen LogP contribution in [-0.2, 0) is 4.74 Å². The molecule has 4 heteroatoms. The lowest BCUT2D eigenvalue weighted by Crippen LogP contribution is -2.38. The van der Waals surface area contributed by atoms with Crippen molar-refractivity contribution < 1.29 is 9.53 Å². The highest BCUT2D eigenvalue weighted by Crippen LogP contribution is 2.17. The van der Waals surface area contributed by atoms with E-state index in [1.54, 1.807) is 13.3 Å². The highest BCUT2D eigenvalue weighted by atomic mass is 16.5. The number of piperidine rings is 1. The van der Waals surface area contributed by atoms with Crippen LogP contribution in [0.4, 0.5) is 0 Å². The SMILES string of the molecule is COCC1CCN(CC(=O)c2ccc[nH]2)CC1. The minimum absolute atomic E-state index is 0.181. The number of hydrogen-bond donors (Lipinski definition) is 1. The Hall–Kier alpha value is -1.13. The molecule has 17 heavy (non-hydrogen) atoms. The third kappa shape index (κ3) is 3.41. The monoisotopic (exact) mass is 236 g/mol. The summed E-state index contributed by atoms with van der Waals surface area (Å²) in [4.78, 5) is 17.1. The number of ether oxygens (including phenoxy) is 1. The third-order valence-corrected chi connectivity index (χ3v) is 3.38. The van der Waals surface area contributed by atoms with E-state index in [4.69, 9.17) is 4.74 Å². The quantitative estimate of drug-likeness (QED) is 0.789. The van der Waals surface area contributed by atoms with Crippen molar-refractivity contribution in [1.82, 2.24) is 9.88 Å². The van der Waals surface area contributed by atoms with E-state index in [0.717, 1.165) is 32.5 Å². The fourth-order valence-corrected chi connectivity index (χ4v) is 2.34. The van der Waals surface area contributed by atoms with Crippen LogP contribution in [0.3, 0.4) is 0 Å². The van der Waals surface area contributed by atoms with Crippen molar-refractivity contribution in [1.29, 1.82) is 0 Å². The molecule has 1 aromatic rings. The Morgan fingerprint density at radius 2 is 2.29 bits per heavy atom. The van der Waals surface area contributed by atoms with Gasteiger partial charge in [0, 0.05) is 19.9 Å². The van der Waals surface area contributed by atoms with Crippen molar-refractivity contribution in [3.63, 3.8) is 0 Å². The van der Waals surface area contributed by atoms with Crippen molar-refractivity contribution in [3.8, 4) is 0 Å². The minimum atomic E-state index is 0.181. The fourth-order valence-electron chi connectivity index (χ4n) is 2.34. The third-order valence-electron chi connectivity index (χ3n) is 3.38. The number of H-pyrrole nitrogens is 1. The normalized spacial score (nSPS) is 18.4. The zero-order valence-corrected chi connectivity index (χ0v) is 10.3. The van der Waals surface area contributed by atoms with Crippen LogP contribution in [0.15, 0.2) is 18.3 Å². The van der Waals surface area contributed by atoms with Gasteiger partial charge in [0.25, 0.3) is 0 Å². The number of methoxy groups -OCH3 is 1. The van der Waals surface area contributed by atoms with Crippen LogP contribution in [0.2, 0.25) is 0 Å². The number of likely N-dealkylation sites (tertiary alicyclic amines) is 1. The molecule has 0 bridgehead atoms. The molecule has 1 aliphatic rings. The molecule has 0 atom stereocenters. The number of carbonyl (C=O) groups is 1. The van der Waals surface area contributed by atoms with E-state index in [0.29, 0.717) is 18.2 Å². The molecule has 0 saturated carbocycles. The van der Waals surface area contributed by atoms with Crippen molar-refractivity contribution in [2.75, 3.05) is 33.4 Å². The topological polar surface area (TPSA) is 45.3 Å². The average molecular weight is 236 g/mol. The molecule has 94 valence electrons. The van der Waals surface area contributed by atoms with E-state index in [1.807, 2.05) is 12.1 Å². The molecule has 2 heterocycles. The first kappa shape index (κ1) is 12.3. The summed E-state index contributed by atoms with van der Waals surface area (Å²) in [6.45, 7) is 3.37. The van der Waals surface area contributed by atoms with E-state index in [2.05, 4.69) is 9.88 Å². The van der Waals surface area contributed by atoms with E-state index in [-0.39, 0.29) is 5.78 Å². The lowest BCUT2D eigenvalue weighted by Gasteiger charge is -2.30. The first-order chi connectivity index (χ1) is 8.29. The predicted octanol–water partition coefficient (Wildman–Crippen LogP) is 1.56. The lowest BCUT2D eigenvalue weighted by molar-refractivity contribution is 0.0806. The molecule has 0 spiro atoms. The second-order valence-electron chi connectivity index (χ2n) is 4.68. The van der Waals surface area contributed by atoms with Gasteiger partial charge in [0.1, 0.15) is 0 Å². The highest BCUT2D eigenvalue weighted by Gasteiger charge is 2.21. The number of hydrogen-bond acceptors (Lipinski definition) is 3. The average Bonchev–Trinajstić information content (AvgIpc) is 2.86. The summed E-state index contributed by atoms with van der Waals surface area (Å²) < 4.78 is 5.17. The molecule has 1 N–H and O–H groups in total. The number of nitrogens with one attached hydrogen (secondary N) is 1. The molecule has 0 radical (unpaired) electrons. The number of nitrogens with zero attached hydrogens (tertiary/aromatic N) is 1. The molecule has 0 aliphatic carbocycles. The fraction of sp³-hybridized carbons (Fsp3) is 0.615. The van der Waals surface area contributed by atoms with Gasteiger partial charge in [-0.2, -0.15) is 0 Å². The van der Waals surface area contributed by atoms with E-state index >= 15 is 0 Å². The molecule has 1 saturated heterocycles. The molecule has 1 fully saturated rings. The van der Waals surface area contributed by atoms with E-state index < -0.39 is 0 Å². The number of aromatic amines is 1. The number of carbonyl (C=O) groups excluding carboxylic acids is 1. The zero-order valence-electron chi connectivity index (χ0n) is 10.3. The highest BCUT2D eigenvalue weighted by molar-refractivity contribution is 5.95. The Morgan fingerprint density at radius 3 is 2.88 bits per heavy atom. The standard InChI is InChI=1S/C13H20N2O2/c1-17-10-11-4-7-15(8-5-11)9-13(16)12-3-2-6-14-12/h2-3,6,11,14H,4-5,7-10H2,1H3. The first-order valence-electron chi connectivity index (χ1n) is 6.17. The van der Waals surface area contributed by atoms with Crippen molar-refractivity contribution in [2.24, 2.45) is 5.92 Å². The maximum absolute atomic E-state index is 11.9. The largest absolute Gasteiger partial charge is 0.384 e. The van der Waals surface area contributed by atoms with Gasteiger partial charge in [-0.3, -0.25) is 9.69 Å². The van der Waals surface area contributed by atoms with Crippen LogP contribution in [0, 0.1) is 5.92 Å². The van der Waals surface area contributed by atoms with Crippen molar-refractivity contribution in [2.45, 2.75) is 12.8 Å². The van der Waals surface area contributed by atoms with Gasteiger partial charge in [0.15, 0.2) is 5.78 Å². The van der Waals surface area contributed by atoms with Gasteiger partial charge in [-0.25, -0.2) is 0 Å². The maximum atomic E-state index is 11.9. The maximum Gasteiger partial charge on any atom is 0.192 e. The molecule has 0 unspecified atom stereocenters. The van der Waals surface area contributed by atoms with Crippen LogP contribution >= 0.6 is 0 Å². The smallest absolute Gasteiger partial charge is 0.192 e. The summed E-state index contributed by atoms with van der Waals surface area (Å²) in [7, 11) is 1.75. The molecule has 0 amide bonds. The second-order valence-corrected chi connectivity index (χ2v) is 4.68. The number of Topliss-reactive ketones (excluding diaryl/α,β-unsaturated/α-hetero) is 1. The second kappa shape index (κ2) is 5.98.